The molecule has 2 aromatic rings. The van der Waals surface area contributed by atoms with Gasteiger partial charge in [-0.3, -0.25) is 4.68 Å². The molecule has 0 unspecified atom stereocenters. The van der Waals surface area contributed by atoms with Gasteiger partial charge < -0.3 is 10.6 Å². The predicted molar refractivity (Wildman–Crippen MR) is 83.6 cm³/mol. The van der Waals surface area contributed by atoms with Crippen molar-refractivity contribution in [2.45, 2.75) is 20.3 Å². The highest BCUT2D eigenvalue weighted by Gasteiger charge is 2.06. The molecular weight excluding hydrogens is 256 g/mol. The van der Waals surface area contributed by atoms with Gasteiger partial charge in [-0.05, 0) is 37.2 Å². The molecule has 1 aromatic carbocycles. The van der Waals surface area contributed by atoms with Crippen LogP contribution in [0, 0.1) is 6.92 Å². The molecule has 1 aromatic heterocycles. The topological polar surface area (TPSA) is 41.9 Å². The molecule has 0 atom stereocenters. The summed E-state index contributed by atoms with van der Waals surface area (Å²) in [5.74, 6) is 0. The Kier molecular flexibility index (Phi) is 4.16. The number of benzene rings is 1. The van der Waals surface area contributed by atoms with Gasteiger partial charge in [0.2, 0.25) is 0 Å². The van der Waals surface area contributed by atoms with Crippen molar-refractivity contribution in [2.75, 3.05) is 10.6 Å². The molecule has 0 aliphatic rings. The van der Waals surface area contributed by atoms with E-state index in [2.05, 4.69) is 28.7 Å². The Hall–Kier alpha value is -1.88. The van der Waals surface area contributed by atoms with Crippen LogP contribution < -0.4 is 10.6 Å². The van der Waals surface area contributed by atoms with Crippen LogP contribution >= 0.6 is 12.2 Å². The van der Waals surface area contributed by atoms with Crippen LogP contribution in [-0.2, 0) is 13.5 Å². The maximum absolute atomic E-state index is 5.34. The lowest BCUT2D eigenvalue weighted by atomic mass is 10.1. The van der Waals surface area contributed by atoms with Crippen LogP contribution in [0.15, 0.2) is 30.5 Å². The standard InChI is InChI=1S/C14H18N4S/c1-4-11-7-5-6-8-12(11)15-14(19)16-13-9-18(3)17-10(13)2/h5-9H,4H2,1-3H3,(H2,15,16,19). The molecule has 100 valence electrons. The second-order valence-electron chi connectivity index (χ2n) is 4.39. The van der Waals surface area contributed by atoms with E-state index in [4.69, 9.17) is 12.2 Å². The van der Waals surface area contributed by atoms with Gasteiger partial charge in [0.05, 0.1) is 11.4 Å². The van der Waals surface area contributed by atoms with Gasteiger partial charge in [0.25, 0.3) is 0 Å². The molecule has 0 radical (unpaired) electrons. The molecule has 0 saturated carbocycles. The van der Waals surface area contributed by atoms with Gasteiger partial charge in [-0.25, -0.2) is 0 Å². The van der Waals surface area contributed by atoms with Crippen molar-refractivity contribution in [1.82, 2.24) is 9.78 Å². The van der Waals surface area contributed by atoms with Crippen LogP contribution in [0.2, 0.25) is 0 Å². The summed E-state index contributed by atoms with van der Waals surface area (Å²) < 4.78 is 1.76. The second-order valence-corrected chi connectivity index (χ2v) is 4.80. The SMILES string of the molecule is CCc1ccccc1NC(=S)Nc1cn(C)nc1C. The molecule has 1 heterocycles. The number of para-hydroxylation sites is 1. The minimum atomic E-state index is 0.581. The minimum absolute atomic E-state index is 0.581. The third kappa shape index (κ3) is 3.32. The molecule has 0 aliphatic heterocycles. The van der Waals surface area contributed by atoms with E-state index in [1.54, 1.807) is 4.68 Å². The maximum atomic E-state index is 5.34. The second kappa shape index (κ2) is 5.84. The van der Waals surface area contributed by atoms with Gasteiger partial charge >= 0.3 is 0 Å². The number of thiocarbonyl (C=S) groups is 1. The Morgan fingerprint density at radius 1 is 1.26 bits per heavy atom. The first-order chi connectivity index (χ1) is 9.10. The first-order valence-electron chi connectivity index (χ1n) is 6.26. The third-order valence-corrected chi connectivity index (χ3v) is 3.11. The lowest BCUT2D eigenvalue weighted by Crippen LogP contribution is -2.20. The molecule has 0 saturated heterocycles. The normalized spacial score (nSPS) is 10.3. The van der Waals surface area contributed by atoms with Gasteiger partial charge in [0, 0.05) is 18.9 Å². The van der Waals surface area contributed by atoms with Crippen molar-refractivity contribution < 1.29 is 0 Å². The third-order valence-electron chi connectivity index (χ3n) is 2.91. The van der Waals surface area contributed by atoms with Crippen molar-refractivity contribution in [3.63, 3.8) is 0 Å². The molecule has 19 heavy (non-hydrogen) atoms. The smallest absolute Gasteiger partial charge is 0.175 e. The molecule has 0 amide bonds. The van der Waals surface area contributed by atoms with Gasteiger partial charge in [-0.15, -0.1) is 0 Å². The van der Waals surface area contributed by atoms with Gasteiger partial charge in [-0.1, -0.05) is 25.1 Å². The minimum Gasteiger partial charge on any atom is -0.332 e. The van der Waals surface area contributed by atoms with Crippen LogP contribution in [-0.4, -0.2) is 14.9 Å². The van der Waals surface area contributed by atoms with Gasteiger partial charge in [0.1, 0.15) is 0 Å². The van der Waals surface area contributed by atoms with Crippen molar-refractivity contribution in [2.24, 2.45) is 7.05 Å². The van der Waals surface area contributed by atoms with E-state index in [1.165, 1.54) is 5.56 Å². The van der Waals surface area contributed by atoms with Crippen molar-refractivity contribution in [3.05, 3.63) is 41.7 Å². The summed E-state index contributed by atoms with van der Waals surface area (Å²) in [6.45, 7) is 4.08. The van der Waals surface area contributed by atoms with Crippen LogP contribution in [0.4, 0.5) is 11.4 Å². The van der Waals surface area contributed by atoms with E-state index >= 15 is 0 Å². The Balaban J connectivity index is 2.07. The van der Waals surface area contributed by atoms with E-state index in [9.17, 15) is 0 Å². The number of hydrogen-bond donors (Lipinski definition) is 2. The van der Waals surface area contributed by atoms with E-state index in [0.29, 0.717) is 5.11 Å². The average molecular weight is 274 g/mol. The number of nitrogens with one attached hydrogen (secondary N) is 2. The van der Waals surface area contributed by atoms with Crippen LogP contribution in [0.25, 0.3) is 0 Å². The Bertz CT molecular complexity index is 589. The number of hydrogen-bond acceptors (Lipinski definition) is 2. The number of aryl methyl sites for hydroxylation is 3. The molecular formula is C14H18N4S. The highest BCUT2D eigenvalue weighted by Crippen LogP contribution is 2.17. The summed E-state index contributed by atoms with van der Waals surface area (Å²) >= 11 is 5.34. The van der Waals surface area contributed by atoms with E-state index in [0.717, 1.165) is 23.5 Å². The van der Waals surface area contributed by atoms with E-state index in [1.807, 2.05) is 38.4 Å². The molecule has 0 aliphatic carbocycles. The monoisotopic (exact) mass is 274 g/mol. The van der Waals surface area contributed by atoms with E-state index < -0.39 is 0 Å². The fraction of sp³-hybridized carbons (Fsp3) is 0.286. The fourth-order valence-corrected chi connectivity index (χ4v) is 2.17. The number of aromatic nitrogens is 2. The molecule has 2 rings (SSSR count). The van der Waals surface area contributed by atoms with Crippen LogP contribution in [0.3, 0.4) is 0 Å². The van der Waals surface area contributed by atoms with E-state index in [-0.39, 0.29) is 0 Å². The van der Waals surface area contributed by atoms with Crippen LogP contribution in [0.5, 0.6) is 0 Å². The number of anilines is 2. The first kappa shape index (κ1) is 13.5. The molecule has 4 nitrogen and oxygen atoms in total. The lowest BCUT2D eigenvalue weighted by Gasteiger charge is -2.12. The molecule has 0 fully saturated rings. The van der Waals surface area contributed by atoms with Crippen molar-refractivity contribution in [1.29, 1.82) is 0 Å². The molecule has 0 bridgehead atoms. The molecule has 0 spiro atoms. The zero-order valence-corrected chi connectivity index (χ0v) is 12.2. The van der Waals surface area contributed by atoms with Crippen LogP contribution in [0.1, 0.15) is 18.2 Å². The summed E-state index contributed by atoms with van der Waals surface area (Å²) in [6.07, 6.45) is 2.88. The first-order valence-corrected chi connectivity index (χ1v) is 6.67. The van der Waals surface area contributed by atoms with Gasteiger partial charge in [-0.2, -0.15) is 5.10 Å². The Labute approximate surface area is 118 Å². The summed E-state index contributed by atoms with van der Waals surface area (Å²) in [5.41, 5.74) is 4.14. The summed E-state index contributed by atoms with van der Waals surface area (Å²) in [6, 6.07) is 8.16. The summed E-state index contributed by atoms with van der Waals surface area (Å²) in [7, 11) is 1.89. The van der Waals surface area contributed by atoms with Gasteiger partial charge in [0.15, 0.2) is 5.11 Å². The molecule has 5 heteroatoms. The van der Waals surface area contributed by atoms with Crippen molar-refractivity contribution >= 4 is 28.7 Å². The van der Waals surface area contributed by atoms with Crippen molar-refractivity contribution in [3.8, 4) is 0 Å². The fourth-order valence-electron chi connectivity index (χ4n) is 1.95. The maximum Gasteiger partial charge on any atom is 0.175 e. The Morgan fingerprint density at radius 2 is 1.95 bits per heavy atom. The summed E-state index contributed by atoms with van der Waals surface area (Å²) in [4.78, 5) is 0. The Morgan fingerprint density at radius 3 is 2.58 bits per heavy atom. The lowest BCUT2D eigenvalue weighted by molar-refractivity contribution is 0.756. The largest absolute Gasteiger partial charge is 0.332 e. The molecule has 2 N–H and O–H groups in total. The zero-order chi connectivity index (χ0) is 13.8. The number of nitrogens with zero attached hydrogens (tertiary/aromatic N) is 2. The number of rotatable bonds is 3. The quantitative estimate of drug-likeness (QED) is 0.844. The zero-order valence-electron chi connectivity index (χ0n) is 11.4. The average Bonchev–Trinajstić information content (AvgIpc) is 2.68. The highest BCUT2D eigenvalue weighted by molar-refractivity contribution is 7.80. The predicted octanol–water partition coefficient (Wildman–Crippen LogP) is 3.10. The summed E-state index contributed by atoms with van der Waals surface area (Å²) in [5, 5.41) is 11.2. The highest BCUT2D eigenvalue weighted by atomic mass is 32.1.